The van der Waals surface area contributed by atoms with Gasteiger partial charge in [0.25, 0.3) is 0 Å². The minimum absolute atomic E-state index is 0.0386. The van der Waals surface area contributed by atoms with Crippen LogP contribution < -0.4 is 9.47 Å². The van der Waals surface area contributed by atoms with E-state index in [-0.39, 0.29) is 5.75 Å². The summed E-state index contributed by atoms with van der Waals surface area (Å²) in [5, 5.41) is 11.2. The molecule has 23 heavy (non-hydrogen) atoms. The lowest BCUT2D eigenvalue weighted by molar-refractivity contribution is 0.340. The molecule has 2 aromatic carbocycles. The Kier molecular flexibility index (Phi) is 4.41. The smallest absolute Gasteiger partial charge is 0.200 e. The number of fused-ring (bicyclic) bond motifs is 1. The van der Waals surface area contributed by atoms with Gasteiger partial charge in [0, 0.05) is 0 Å². The lowest BCUT2D eigenvalue weighted by Gasteiger charge is -2.09. The number of aromatic nitrogens is 1. The van der Waals surface area contributed by atoms with Crippen LogP contribution >= 0.6 is 22.9 Å². The molecule has 0 amide bonds. The van der Waals surface area contributed by atoms with Gasteiger partial charge in [0.2, 0.25) is 5.75 Å². The van der Waals surface area contributed by atoms with Crippen LogP contribution in [-0.2, 0) is 0 Å². The molecule has 0 bridgehead atoms. The maximum absolute atomic E-state index is 9.95. The molecule has 1 aromatic heterocycles. The number of methoxy groups -OCH3 is 2. The molecule has 3 rings (SSSR count). The Bertz CT molecular complexity index is 830. The van der Waals surface area contributed by atoms with Crippen molar-refractivity contribution < 1.29 is 14.6 Å². The van der Waals surface area contributed by atoms with Gasteiger partial charge in [0.05, 0.1) is 29.5 Å². The van der Waals surface area contributed by atoms with Gasteiger partial charge in [-0.15, -0.1) is 11.3 Å². The number of benzene rings is 2. The third kappa shape index (κ3) is 3.11. The molecule has 4 nitrogen and oxygen atoms in total. The Labute approximate surface area is 142 Å². The SMILES string of the molecule is COc1cc(/C=C(\Cl)c2nc3ccccc3s2)cc(OC)c1O. The average molecular weight is 348 g/mol. The summed E-state index contributed by atoms with van der Waals surface area (Å²) >= 11 is 7.93. The number of nitrogens with zero attached hydrogens (tertiary/aromatic N) is 1. The predicted octanol–water partition coefficient (Wildman–Crippen LogP) is 4.76. The first-order valence-corrected chi connectivity index (χ1v) is 8.00. The van der Waals surface area contributed by atoms with Crippen LogP contribution in [0.2, 0.25) is 0 Å². The second-order valence-corrected chi connectivity index (χ2v) is 6.19. The van der Waals surface area contributed by atoms with Crippen LogP contribution in [0.4, 0.5) is 0 Å². The van der Waals surface area contributed by atoms with E-state index in [0.717, 1.165) is 20.8 Å². The molecule has 0 unspecified atom stereocenters. The van der Waals surface area contributed by atoms with Gasteiger partial charge in [-0.2, -0.15) is 0 Å². The number of phenolic OH excluding ortho intramolecular Hbond substituents is 1. The Hall–Kier alpha value is -2.24. The highest BCUT2D eigenvalue weighted by Gasteiger charge is 2.12. The zero-order valence-corrected chi connectivity index (χ0v) is 14.1. The van der Waals surface area contributed by atoms with E-state index in [1.807, 2.05) is 24.3 Å². The molecule has 118 valence electrons. The quantitative estimate of drug-likeness (QED) is 0.739. The second-order valence-electron chi connectivity index (χ2n) is 4.75. The number of aromatic hydroxyl groups is 1. The van der Waals surface area contributed by atoms with Crippen molar-refractivity contribution >= 4 is 44.3 Å². The molecule has 1 heterocycles. The highest BCUT2D eigenvalue weighted by atomic mass is 35.5. The van der Waals surface area contributed by atoms with Crippen molar-refractivity contribution in [1.82, 2.24) is 4.98 Å². The normalized spacial score (nSPS) is 11.7. The van der Waals surface area contributed by atoms with Crippen molar-refractivity contribution in [3.8, 4) is 17.2 Å². The fourth-order valence-electron chi connectivity index (χ4n) is 2.18. The van der Waals surface area contributed by atoms with E-state index in [0.29, 0.717) is 16.5 Å². The maximum Gasteiger partial charge on any atom is 0.200 e. The number of hydrogen-bond donors (Lipinski definition) is 1. The van der Waals surface area contributed by atoms with Crippen molar-refractivity contribution in [2.45, 2.75) is 0 Å². The average Bonchev–Trinajstić information content (AvgIpc) is 3.00. The number of thiazole rings is 1. The van der Waals surface area contributed by atoms with Crippen LogP contribution in [0.15, 0.2) is 36.4 Å². The summed E-state index contributed by atoms with van der Waals surface area (Å²) in [4.78, 5) is 4.52. The van der Waals surface area contributed by atoms with Crippen LogP contribution in [0.5, 0.6) is 17.2 Å². The molecular weight excluding hydrogens is 334 g/mol. The molecule has 0 radical (unpaired) electrons. The third-order valence-electron chi connectivity index (χ3n) is 3.29. The molecule has 0 saturated heterocycles. The van der Waals surface area contributed by atoms with Gasteiger partial charge in [-0.25, -0.2) is 4.98 Å². The molecule has 1 N–H and O–H groups in total. The molecule has 0 saturated carbocycles. The van der Waals surface area contributed by atoms with Crippen molar-refractivity contribution in [2.75, 3.05) is 14.2 Å². The molecule has 0 atom stereocenters. The van der Waals surface area contributed by atoms with Gasteiger partial charge < -0.3 is 14.6 Å². The summed E-state index contributed by atoms with van der Waals surface area (Å²) in [6.45, 7) is 0. The van der Waals surface area contributed by atoms with Gasteiger partial charge in [-0.05, 0) is 35.9 Å². The minimum Gasteiger partial charge on any atom is -0.502 e. The molecule has 6 heteroatoms. The topological polar surface area (TPSA) is 51.6 Å². The molecule has 0 fully saturated rings. The van der Waals surface area contributed by atoms with E-state index in [1.54, 1.807) is 18.2 Å². The van der Waals surface area contributed by atoms with Crippen LogP contribution in [0.3, 0.4) is 0 Å². The first-order valence-electron chi connectivity index (χ1n) is 6.80. The molecule has 3 aromatic rings. The molecule has 0 aliphatic rings. The van der Waals surface area contributed by atoms with Crippen LogP contribution in [0.25, 0.3) is 21.3 Å². The monoisotopic (exact) mass is 347 g/mol. The Morgan fingerprint density at radius 3 is 2.43 bits per heavy atom. The lowest BCUT2D eigenvalue weighted by atomic mass is 10.1. The van der Waals surface area contributed by atoms with E-state index in [1.165, 1.54) is 25.6 Å². The van der Waals surface area contributed by atoms with E-state index in [2.05, 4.69) is 4.98 Å². The van der Waals surface area contributed by atoms with Gasteiger partial charge in [-0.1, -0.05) is 23.7 Å². The number of para-hydroxylation sites is 1. The third-order valence-corrected chi connectivity index (χ3v) is 4.76. The second kappa shape index (κ2) is 6.48. The largest absolute Gasteiger partial charge is 0.502 e. The summed E-state index contributed by atoms with van der Waals surface area (Å²) in [5.74, 6) is 0.608. The Balaban J connectivity index is 2.03. The molecular formula is C17H14ClNO3S. The highest BCUT2D eigenvalue weighted by Crippen LogP contribution is 2.39. The van der Waals surface area contributed by atoms with E-state index in [9.17, 15) is 5.11 Å². The first kappa shape index (κ1) is 15.6. The van der Waals surface area contributed by atoms with Crippen molar-refractivity contribution in [3.63, 3.8) is 0 Å². The lowest BCUT2D eigenvalue weighted by Crippen LogP contribution is -1.90. The van der Waals surface area contributed by atoms with Crippen LogP contribution in [0, 0.1) is 0 Å². The number of halogens is 1. The van der Waals surface area contributed by atoms with Crippen molar-refractivity contribution in [2.24, 2.45) is 0 Å². The van der Waals surface area contributed by atoms with E-state index >= 15 is 0 Å². The van der Waals surface area contributed by atoms with Crippen LogP contribution in [-0.4, -0.2) is 24.3 Å². The number of hydrogen-bond acceptors (Lipinski definition) is 5. The Morgan fingerprint density at radius 1 is 1.17 bits per heavy atom. The van der Waals surface area contributed by atoms with E-state index in [4.69, 9.17) is 21.1 Å². The Morgan fingerprint density at radius 2 is 1.83 bits per heavy atom. The number of ether oxygens (including phenoxy) is 2. The number of rotatable bonds is 4. The highest BCUT2D eigenvalue weighted by molar-refractivity contribution is 7.20. The van der Waals surface area contributed by atoms with Gasteiger partial charge in [0.15, 0.2) is 11.5 Å². The molecule has 0 aliphatic heterocycles. The fourth-order valence-corrected chi connectivity index (χ4v) is 3.34. The van der Waals surface area contributed by atoms with Gasteiger partial charge in [-0.3, -0.25) is 0 Å². The molecule has 0 spiro atoms. The standard InChI is InChI=1S/C17H14ClNO3S/c1-21-13-8-10(9-14(22-2)16(13)20)7-11(18)17-19-12-5-3-4-6-15(12)23-17/h3-9,20H,1-2H3/b11-7-. The van der Waals surface area contributed by atoms with Crippen molar-refractivity contribution in [3.05, 3.63) is 47.0 Å². The van der Waals surface area contributed by atoms with Crippen LogP contribution in [0.1, 0.15) is 10.6 Å². The summed E-state index contributed by atoms with van der Waals surface area (Å²) < 4.78 is 11.4. The summed E-state index contributed by atoms with van der Waals surface area (Å²) in [6.07, 6.45) is 1.77. The van der Waals surface area contributed by atoms with E-state index < -0.39 is 0 Å². The first-order chi connectivity index (χ1) is 11.1. The van der Waals surface area contributed by atoms with Crippen molar-refractivity contribution in [1.29, 1.82) is 0 Å². The summed E-state index contributed by atoms with van der Waals surface area (Å²) in [5.41, 5.74) is 1.67. The number of phenols is 1. The summed E-state index contributed by atoms with van der Waals surface area (Å²) in [6, 6.07) is 11.2. The maximum atomic E-state index is 9.95. The fraction of sp³-hybridized carbons (Fsp3) is 0.118. The molecule has 0 aliphatic carbocycles. The predicted molar refractivity (Wildman–Crippen MR) is 94.6 cm³/mol. The summed E-state index contributed by atoms with van der Waals surface area (Å²) in [7, 11) is 2.97. The van der Waals surface area contributed by atoms with Gasteiger partial charge >= 0.3 is 0 Å². The zero-order chi connectivity index (χ0) is 16.4. The van der Waals surface area contributed by atoms with Gasteiger partial charge in [0.1, 0.15) is 5.01 Å². The zero-order valence-electron chi connectivity index (χ0n) is 12.5. The minimum atomic E-state index is -0.0386.